The molecule has 0 aliphatic heterocycles. The van der Waals surface area contributed by atoms with E-state index in [1.54, 1.807) is 44.3 Å². The van der Waals surface area contributed by atoms with Gasteiger partial charge in [0.15, 0.2) is 5.57 Å². The highest BCUT2D eigenvalue weighted by Crippen LogP contribution is 2.16. The van der Waals surface area contributed by atoms with Crippen molar-refractivity contribution in [2.24, 2.45) is 0 Å². The Morgan fingerprint density at radius 3 is 2.50 bits per heavy atom. The smallest absolute Gasteiger partial charge is 0.270 e. The normalized spacial score (nSPS) is 11.9. The van der Waals surface area contributed by atoms with Gasteiger partial charge in [-0.25, -0.2) is 0 Å². The molecule has 0 aliphatic carbocycles. The van der Waals surface area contributed by atoms with Gasteiger partial charge >= 0.3 is 0 Å². The van der Waals surface area contributed by atoms with E-state index in [0.717, 1.165) is 17.0 Å². The van der Waals surface area contributed by atoms with E-state index in [0.29, 0.717) is 33.7 Å². The minimum atomic E-state index is -0.510. The third kappa shape index (κ3) is 6.40. The maximum Gasteiger partial charge on any atom is 0.270 e. The standard InChI is InChI=1S/C26H28N6O3S/c1-4-28-24(34)21(15-27)26-32(5-2)25(35)22(36-26)16-29-18-10-9-11-19(14-18)30-23(33)17-31(3)20-12-7-6-8-13-20/h6-14,16,29H,4-5,17H2,1-3H3,(H,28,34)(H,30,33)/b22-16+,26-21-. The van der Waals surface area contributed by atoms with Crippen LogP contribution >= 0.6 is 11.3 Å². The number of rotatable bonds is 9. The molecule has 2 amide bonds. The summed E-state index contributed by atoms with van der Waals surface area (Å²) < 4.78 is 2.07. The number of carbonyl (C=O) groups excluding carboxylic acids is 2. The molecule has 186 valence electrons. The molecule has 0 unspecified atom stereocenters. The molecule has 0 radical (unpaired) electrons. The Bertz CT molecular complexity index is 1450. The number of aromatic nitrogens is 1. The number of nitrogens with zero attached hydrogens (tertiary/aromatic N) is 3. The highest BCUT2D eigenvalue weighted by atomic mass is 32.1. The second-order valence-corrected chi connectivity index (χ2v) is 8.81. The molecular weight excluding hydrogens is 476 g/mol. The zero-order chi connectivity index (χ0) is 26.1. The predicted molar refractivity (Wildman–Crippen MR) is 144 cm³/mol. The van der Waals surface area contributed by atoms with Crippen LogP contribution in [0.25, 0.3) is 11.8 Å². The lowest BCUT2D eigenvalue weighted by Gasteiger charge is -2.18. The van der Waals surface area contributed by atoms with Crippen molar-refractivity contribution in [3.8, 4) is 6.07 Å². The van der Waals surface area contributed by atoms with Gasteiger partial charge < -0.3 is 20.9 Å². The lowest BCUT2D eigenvalue weighted by atomic mass is 10.2. The van der Waals surface area contributed by atoms with E-state index in [9.17, 15) is 19.6 Å². The van der Waals surface area contributed by atoms with Gasteiger partial charge in [0, 0.05) is 43.4 Å². The quantitative estimate of drug-likeness (QED) is 0.408. The number of anilines is 3. The number of thiazole rings is 1. The van der Waals surface area contributed by atoms with Gasteiger partial charge in [0.25, 0.3) is 11.5 Å². The van der Waals surface area contributed by atoms with Gasteiger partial charge in [0.1, 0.15) is 15.3 Å². The zero-order valence-corrected chi connectivity index (χ0v) is 21.2. The summed E-state index contributed by atoms with van der Waals surface area (Å²) in [5, 5.41) is 18.1. The van der Waals surface area contributed by atoms with Gasteiger partial charge in [-0.05, 0) is 44.2 Å². The molecule has 36 heavy (non-hydrogen) atoms. The van der Waals surface area contributed by atoms with Crippen molar-refractivity contribution < 1.29 is 9.59 Å². The number of para-hydroxylation sites is 1. The molecule has 0 spiro atoms. The van der Waals surface area contributed by atoms with Crippen LogP contribution in [0.5, 0.6) is 0 Å². The molecule has 10 heteroatoms. The molecule has 3 aromatic rings. The Morgan fingerprint density at radius 2 is 1.83 bits per heavy atom. The molecule has 0 atom stereocenters. The molecule has 0 fully saturated rings. The number of hydrogen-bond acceptors (Lipinski definition) is 7. The fraction of sp³-hybridized carbons (Fsp3) is 0.231. The van der Waals surface area contributed by atoms with Crippen molar-refractivity contribution in [1.29, 1.82) is 5.26 Å². The first-order valence-electron chi connectivity index (χ1n) is 11.4. The first-order chi connectivity index (χ1) is 17.4. The lowest BCUT2D eigenvalue weighted by Crippen LogP contribution is -2.34. The third-order valence-electron chi connectivity index (χ3n) is 5.21. The minimum Gasteiger partial charge on any atom is -0.365 e. The van der Waals surface area contributed by atoms with E-state index in [1.807, 2.05) is 48.3 Å². The summed E-state index contributed by atoms with van der Waals surface area (Å²) in [7, 11) is 1.85. The summed E-state index contributed by atoms with van der Waals surface area (Å²) in [6.07, 6.45) is 1.54. The Labute approximate surface area is 213 Å². The number of benzene rings is 2. The predicted octanol–water partition coefficient (Wildman–Crippen LogP) is 1.67. The number of amides is 2. The van der Waals surface area contributed by atoms with E-state index in [1.165, 1.54) is 4.57 Å². The van der Waals surface area contributed by atoms with Crippen LogP contribution in [0.3, 0.4) is 0 Å². The van der Waals surface area contributed by atoms with Crippen LogP contribution in [0.4, 0.5) is 17.1 Å². The Balaban J connectivity index is 1.80. The number of likely N-dealkylation sites (N-methyl/N-ethyl adjacent to an activating group) is 1. The molecule has 3 rings (SSSR count). The van der Waals surface area contributed by atoms with Crippen LogP contribution in [0.15, 0.2) is 59.4 Å². The van der Waals surface area contributed by atoms with E-state index >= 15 is 0 Å². The second-order valence-electron chi connectivity index (χ2n) is 7.78. The molecule has 1 heterocycles. The van der Waals surface area contributed by atoms with Gasteiger partial charge in [-0.2, -0.15) is 5.26 Å². The van der Waals surface area contributed by atoms with Gasteiger partial charge in [-0.1, -0.05) is 24.3 Å². The highest BCUT2D eigenvalue weighted by Gasteiger charge is 2.14. The monoisotopic (exact) mass is 504 g/mol. The molecule has 0 saturated heterocycles. The van der Waals surface area contributed by atoms with E-state index < -0.39 is 5.91 Å². The topological polar surface area (TPSA) is 119 Å². The SMILES string of the molecule is CCNC(=O)/C(C#N)=c1\s/c(=C/Nc2cccc(NC(=O)CN(C)c3ccccc3)c2)c(=O)n1CC. The number of nitrogens with one attached hydrogen (secondary N) is 3. The van der Waals surface area contributed by atoms with Gasteiger partial charge in [-0.15, -0.1) is 11.3 Å². The van der Waals surface area contributed by atoms with Gasteiger partial charge in [0.2, 0.25) is 5.91 Å². The molecular formula is C26H28N6O3S. The highest BCUT2D eigenvalue weighted by molar-refractivity contribution is 7.07. The Hall–Kier alpha value is -4.36. The van der Waals surface area contributed by atoms with Gasteiger partial charge in [0.05, 0.1) is 6.54 Å². The largest absolute Gasteiger partial charge is 0.365 e. The van der Waals surface area contributed by atoms with Crippen molar-refractivity contribution in [2.75, 3.05) is 35.7 Å². The van der Waals surface area contributed by atoms with Crippen LogP contribution in [-0.4, -0.2) is 36.5 Å². The van der Waals surface area contributed by atoms with E-state index in [4.69, 9.17) is 0 Å². The van der Waals surface area contributed by atoms with Crippen molar-refractivity contribution >= 4 is 52.0 Å². The van der Waals surface area contributed by atoms with E-state index in [-0.39, 0.29) is 23.6 Å². The summed E-state index contributed by atoms with van der Waals surface area (Å²) in [6.45, 7) is 4.42. The van der Waals surface area contributed by atoms with Crippen molar-refractivity contribution in [3.63, 3.8) is 0 Å². The van der Waals surface area contributed by atoms with Crippen LogP contribution in [0.2, 0.25) is 0 Å². The van der Waals surface area contributed by atoms with E-state index in [2.05, 4.69) is 16.0 Å². The summed E-state index contributed by atoms with van der Waals surface area (Å²) in [5.74, 6) is -0.676. The second kappa shape index (κ2) is 12.4. The molecule has 3 N–H and O–H groups in total. The van der Waals surface area contributed by atoms with Crippen molar-refractivity contribution in [3.05, 3.63) is 74.1 Å². The summed E-state index contributed by atoms with van der Waals surface area (Å²) in [4.78, 5) is 39.5. The number of nitriles is 1. The number of hydrogen-bond donors (Lipinski definition) is 3. The first kappa shape index (κ1) is 26.2. The van der Waals surface area contributed by atoms with Crippen LogP contribution in [0.1, 0.15) is 13.8 Å². The van der Waals surface area contributed by atoms with Crippen LogP contribution < -0.4 is 35.6 Å². The molecule has 1 aromatic heterocycles. The Morgan fingerprint density at radius 1 is 1.11 bits per heavy atom. The average molecular weight is 505 g/mol. The number of carbonyl (C=O) groups is 2. The fourth-order valence-corrected chi connectivity index (χ4v) is 4.55. The zero-order valence-electron chi connectivity index (χ0n) is 20.4. The van der Waals surface area contributed by atoms with Crippen molar-refractivity contribution in [2.45, 2.75) is 20.4 Å². The minimum absolute atomic E-state index is 0.0920. The molecule has 0 aliphatic rings. The molecule has 2 aromatic carbocycles. The maximum atomic E-state index is 12.9. The van der Waals surface area contributed by atoms with Crippen LogP contribution in [-0.2, 0) is 16.1 Å². The van der Waals surface area contributed by atoms with Crippen LogP contribution in [0, 0.1) is 11.3 Å². The average Bonchev–Trinajstić information content (AvgIpc) is 3.18. The lowest BCUT2D eigenvalue weighted by molar-refractivity contribution is -0.116. The molecule has 0 saturated carbocycles. The van der Waals surface area contributed by atoms with Crippen molar-refractivity contribution in [1.82, 2.24) is 9.88 Å². The first-order valence-corrected chi connectivity index (χ1v) is 12.2. The third-order valence-corrected chi connectivity index (χ3v) is 6.34. The molecule has 0 bridgehead atoms. The molecule has 9 nitrogen and oxygen atoms in total. The Kier molecular flexibility index (Phi) is 9.02. The summed E-state index contributed by atoms with van der Waals surface area (Å²) in [5.41, 5.74) is 1.82. The van der Waals surface area contributed by atoms with Gasteiger partial charge in [-0.3, -0.25) is 19.0 Å². The maximum absolute atomic E-state index is 12.9. The fourth-order valence-electron chi connectivity index (χ4n) is 3.46. The summed E-state index contributed by atoms with van der Waals surface area (Å²) >= 11 is 1.07. The summed E-state index contributed by atoms with van der Waals surface area (Å²) in [6, 6.07) is 18.7.